The summed E-state index contributed by atoms with van der Waals surface area (Å²) in [7, 11) is 0. The van der Waals surface area contributed by atoms with E-state index in [4.69, 9.17) is 9.47 Å². The van der Waals surface area contributed by atoms with E-state index >= 15 is 0 Å². The van der Waals surface area contributed by atoms with Crippen molar-refractivity contribution < 1.29 is 19.1 Å². The quantitative estimate of drug-likeness (QED) is 0.286. The van der Waals surface area contributed by atoms with Gasteiger partial charge in [-0.2, -0.15) is 0 Å². The summed E-state index contributed by atoms with van der Waals surface area (Å²) in [5.74, 6) is 7.17. The summed E-state index contributed by atoms with van der Waals surface area (Å²) in [6.07, 6.45) is 23.1. The van der Waals surface area contributed by atoms with Crippen LogP contribution in [0.4, 0.5) is 0 Å². The molecule has 244 valence electrons. The van der Waals surface area contributed by atoms with Gasteiger partial charge >= 0.3 is 11.9 Å². The molecule has 7 aliphatic carbocycles. The molecule has 0 aromatic heterocycles. The number of esters is 2. The third kappa shape index (κ3) is 6.09. The van der Waals surface area contributed by atoms with Crippen molar-refractivity contribution in [2.45, 2.75) is 168 Å². The largest absolute Gasteiger partial charge is 0.459 e. The zero-order valence-electron chi connectivity index (χ0n) is 28.4. The molecule has 0 aromatic carbocycles. The van der Waals surface area contributed by atoms with Crippen molar-refractivity contribution in [2.24, 2.45) is 65.1 Å². The Morgan fingerprint density at radius 3 is 1.51 bits per heavy atom. The summed E-state index contributed by atoms with van der Waals surface area (Å²) in [5, 5.41) is 0. The van der Waals surface area contributed by atoms with Crippen molar-refractivity contribution in [3.63, 3.8) is 0 Å². The number of fused-ring (bicyclic) bond motifs is 4. The minimum absolute atomic E-state index is 0.0752. The van der Waals surface area contributed by atoms with Crippen LogP contribution in [0, 0.1) is 65.1 Å². The van der Waals surface area contributed by atoms with E-state index in [1.165, 1.54) is 77.0 Å². The molecule has 7 fully saturated rings. The third-order valence-electron chi connectivity index (χ3n) is 15.2. The van der Waals surface area contributed by atoms with Gasteiger partial charge in [-0.3, -0.25) is 9.59 Å². The van der Waals surface area contributed by atoms with Crippen LogP contribution in [0.5, 0.6) is 0 Å². The molecule has 7 saturated carbocycles. The van der Waals surface area contributed by atoms with Gasteiger partial charge in [-0.15, -0.1) is 0 Å². The van der Waals surface area contributed by atoms with Gasteiger partial charge in [-0.1, -0.05) is 60.3 Å². The molecule has 4 heteroatoms. The average Bonchev–Trinajstić information content (AvgIpc) is 3.85. The maximum atomic E-state index is 13.1. The molecule has 10 atom stereocenters. The predicted molar refractivity (Wildman–Crippen MR) is 172 cm³/mol. The van der Waals surface area contributed by atoms with Gasteiger partial charge in [0.25, 0.3) is 0 Å². The van der Waals surface area contributed by atoms with Crippen LogP contribution in [0.3, 0.4) is 0 Å². The van der Waals surface area contributed by atoms with Gasteiger partial charge < -0.3 is 9.47 Å². The SMILES string of the molecule is CC1C2CC(C(=O)OC3(C4CCCCC4)CCCC3)C(C2)C1C.CCC1(OC(=O)C2CC3CC2C(C)C3C)CCCCC1. The molecule has 0 N–H and O–H groups in total. The minimum Gasteiger partial charge on any atom is -0.459 e. The fourth-order valence-electron chi connectivity index (χ4n) is 11.9. The van der Waals surface area contributed by atoms with Gasteiger partial charge in [-0.25, -0.2) is 0 Å². The molecule has 0 spiro atoms. The number of hydrogen-bond donors (Lipinski definition) is 0. The number of carbonyl (C=O) groups is 2. The molecule has 0 aromatic rings. The molecular formula is C39H64O4. The van der Waals surface area contributed by atoms with E-state index in [1.54, 1.807) is 0 Å². The Labute approximate surface area is 263 Å². The van der Waals surface area contributed by atoms with Crippen molar-refractivity contribution >= 4 is 11.9 Å². The smallest absolute Gasteiger partial charge is 0.309 e. The van der Waals surface area contributed by atoms with Crippen molar-refractivity contribution in [1.82, 2.24) is 0 Å². The van der Waals surface area contributed by atoms with Gasteiger partial charge in [0.1, 0.15) is 11.2 Å². The first-order valence-electron chi connectivity index (χ1n) is 19.1. The van der Waals surface area contributed by atoms with Crippen molar-refractivity contribution in [3.05, 3.63) is 0 Å². The van der Waals surface area contributed by atoms with Crippen molar-refractivity contribution in [1.29, 1.82) is 0 Å². The van der Waals surface area contributed by atoms with Crippen molar-refractivity contribution in [3.8, 4) is 0 Å². The highest BCUT2D eigenvalue weighted by Crippen LogP contribution is 2.57. The van der Waals surface area contributed by atoms with Crippen molar-refractivity contribution in [2.75, 3.05) is 0 Å². The van der Waals surface area contributed by atoms with E-state index in [2.05, 4.69) is 34.6 Å². The van der Waals surface area contributed by atoms with Crippen LogP contribution in [0.15, 0.2) is 0 Å². The van der Waals surface area contributed by atoms with Crippen LogP contribution in [0.25, 0.3) is 0 Å². The highest BCUT2D eigenvalue weighted by molar-refractivity contribution is 5.74. The monoisotopic (exact) mass is 596 g/mol. The number of hydrogen-bond acceptors (Lipinski definition) is 4. The fraction of sp³-hybridized carbons (Fsp3) is 0.949. The van der Waals surface area contributed by atoms with Crippen LogP contribution in [-0.4, -0.2) is 23.1 Å². The molecule has 0 amide bonds. The fourth-order valence-corrected chi connectivity index (χ4v) is 11.9. The summed E-state index contributed by atoms with van der Waals surface area (Å²) in [4.78, 5) is 25.8. The first kappa shape index (κ1) is 31.9. The second-order valence-corrected chi connectivity index (χ2v) is 17.0. The third-order valence-corrected chi connectivity index (χ3v) is 15.2. The summed E-state index contributed by atoms with van der Waals surface area (Å²) < 4.78 is 12.5. The lowest BCUT2D eigenvalue weighted by molar-refractivity contribution is -0.175. The molecular weight excluding hydrogens is 532 g/mol. The Balaban J connectivity index is 0.000000155. The first-order valence-corrected chi connectivity index (χ1v) is 19.1. The zero-order valence-corrected chi connectivity index (χ0v) is 28.4. The van der Waals surface area contributed by atoms with E-state index < -0.39 is 0 Å². The number of carbonyl (C=O) groups excluding carboxylic acids is 2. The standard InChI is InChI=1S/C21H34O2.C18H30O2/c1-14-15(2)18-12-16(14)13-19(18)20(22)23-21(10-6-7-11-21)17-8-4-3-5-9-17;1-4-18(8-6-5-7-9-18)20-17(19)16-11-14-10-15(16)13(3)12(14)2/h14-19H,3-13H2,1-2H3;12-16H,4-11H2,1-3H3. The van der Waals surface area contributed by atoms with E-state index in [1.807, 2.05) is 0 Å². The number of rotatable bonds is 6. The maximum Gasteiger partial charge on any atom is 0.309 e. The molecule has 4 nitrogen and oxygen atoms in total. The lowest BCUT2D eigenvalue weighted by atomic mass is 9.74. The molecule has 10 unspecified atom stereocenters. The molecule has 43 heavy (non-hydrogen) atoms. The molecule has 7 aliphatic rings. The lowest BCUT2D eigenvalue weighted by Gasteiger charge is -2.41. The highest BCUT2D eigenvalue weighted by Gasteiger charge is 2.55. The van der Waals surface area contributed by atoms with Crippen LogP contribution < -0.4 is 0 Å². The van der Waals surface area contributed by atoms with Gasteiger partial charge in [0.05, 0.1) is 11.8 Å². The molecule has 0 radical (unpaired) electrons. The average molecular weight is 597 g/mol. The summed E-state index contributed by atoms with van der Waals surface area (Å²) >= 11 is 0. The maximum absolute atomic E-state index is 13.1. The van der Waals surface area contributed by atoms with Gasteiger partial charge in [0, 0.05) is 0 Å². The van der Waals surface area contributed by atoms with E-state index in [0.717, 1.165) is 68.6 Å². The van der Waals surface area contributed by atoms with Gasteiger partial charge in [0.2, 0.25) is 0 Å². The summed E-state index contributed by atoms with van der Waals surface area (Å²) in [5.41, 5.74) is -0.194. The van der Waals surface area contributed by atoms with Crippen LogP contribution in [0.2, 0.25) is 0 Å². The Bertz CT molecular complexity index is 966. The van der Waals surface area contributed by atoms with E-state index in [9.17, 15) is 9.59 Å². The van der Waals surface area contributed by atoms with E-state index in [-0.39, 0.29) is 35.0 Å². The van der Waals surface area contributed by atoms with Crippen LogP contribution in [0.1, 0.15) is 157 Å². The molecule has 0 heterocycles. The summed E-state index contributed by atoms with van der Waals surface area (Å²) in [6.45, 7) is 11.6. The lowest BCUT2D eigenvalue weighted by Crippen LogP contribution is -2.44. The second-order valence-electron chi connectivity index (χ2n) is 17.0. The molecule has 0 saturated heterocycles. The molecule has 0 aliphatic heterocycles. The highest BCUT2D eigenvalue weighted by atomic mass is 16.6. The number of ether oxygens (including phenoxy) is 2. The Hall–Kier alpha value is -1.06. The van der Waals surface area contributed by atoms with Crippen LogP contribution >= 0.6 is 0 Å². The molecule has 7 rings (SSSR count). The zero-order chi connectivity index (χ0) is 30.4. The summed E-state index contributed by atoms with van der Waals surface area (Å²) in [6, 6.07) is 0. The predicted octanol–water partition coefficient (Wildman–Crippen LogP) is 9.92. The Kier molecular flexibility index (Phi) is 9.63. The topological polar surface area (TPSA) is 52.6 Å². The van der Waals surface area contributed by atoms with Gasteiger partial charge in [0.15, 0.2) is 0 Å². The molecule has 4 bridgehead atoms. The Morgan fingerprint density at radius 1 is 0.581 bits per heavy atom. The second kappa shape index (κ2) is 13.0. The first-order chi connectivity index (χ1) is 20.7. The van der Waals surface area contributed by atoms with Gasteiger partial charge in [-0.05, 0) is 150 Å². The normalized spacial score (nSPS) is 42.8. The minimum atomic E-state index is -0.119. The van der Waals surface area contributed by atoms with Crippen LogP contribution in [-0.2, 0) is 19.1 Å². The Morgan fingerprint density at radius 2 is 1.05 bits per heavy atom. The van der Waals surface area contributed by atoms with E-state index in [0.29, 0.717) is 29.6 Å².